The Morgan fingerprint density at radius 2 is 1.89 bits per heavy atom. The van der Waals surface area contributed by atoms with Crippen molar-refractivity contribution in [2.45, 2.75) is 37.8 Å². The molecule has 1 aromatic carbocycles. The molecule has 0 aliphatic heterocycles. The van der Waals surface area contributed by atoms with Crippen molar-refractivity contribution in [2.75, 3.05) is 0 Å². The molecule has 0 amide bonds. The highest BCUT2D eigenvalue weighted by atomic mass is 32.2. The summed E-state index contributed by atoms with van der Waals surface area (Å²) >= 11 is 3.78. The van der Waals surface area contributed by atoms with E-state index in [4.69, 9.17) is 5.73 Å². The Labute approximate surface area is 124 Å². The third kappa shape index (κ3) is 3.62. The number of hydrogen-bond donors (Lipinski definition) is 1. The lowest BCUT2D eigenvalue weighted by Crippen LogP contribution is -2.22. The van der Waals surface area contributed by atoms with Crippen LogP contribution in [-0.2, 0) is 5.75 Å². The van der Waals surface area contributed by atoms with Gasteiger partial charge in [-0.1, -0.05) is 24.3 Å². The van der Waals surface area contributed by atoms with Crippen molar-refractivity contribution in [1.29, 1.82) is 0 Å². The van der Waals surface area contributed by atoms with Crippen LogP contribution < -0.4 is 5.73 Å². The van der Waals surface area contributed by atoms with E-state index in [1.54, 1.807) is 0 Å². The van der Waals surface area contributed by atoms with Gasteiger partial charge in [0.2, 0.25) is 0 Å². The molecule has 0 fully saturated rings. The van der Waals surface area contributed by atoms with Crippen molar-refractivity contribution in [3.05, 3.63) is 57.3 Å². The molecule has 1 aromatic heterocycles. The van der Waals surface area contributed by atoms with Gasteiger partial charge in [0.1, 0.15) is 0 Å². The fourth-order valence-corrected chi connectivity index (χ4v) is 4.81. The average molecular weight is 291 g/mol. The minimum Gasteiger partial charge on any atom is -0.327 e. The molecule has 0 radical (unpaired) electrons. The van der Waals surface area contributed by atoms with Crippen molar-refractivity contribution in [3.8, 4) is 0 Å². The Kier molecular flexibility index (Phi) is 5.08. The first-order chi connectivity index (χ1) is 9.09. The largest absolute Gasteiger partial charge is 0.327 e. The van der Waals surface area contributed by atoms with E-state index in [9.17, 15) is 0 Å². The SMILES string of the molecule is Cc1ccccc1CSC(c1sccc1C)C(C)N. The molecule has 0 saturated carbocycles. The predicted molar refractivity (Wildman–Crippen MR) is 87.9 cm³/mol. The molecule has 2 rings (SSSR count). The number of aryl methyl sites for hydroxylation is 2. The van der Waals surface area contributed by atoms with Gasteiger partial charge < -0.3 is 5.73 Å². The maximum absolute atomic E-state index is 6.18. The number of thioether (sulfide) groups is 1. The Bertz CT molecular complexity index is 531. The summed E-state index contributed by atoms with van der Waals surface area (Å²) in [5, 5.41) is 2.55. The van der Waals surface area contributed by atoms with Gasteiger partial charge in [0.15, 0.2) is 0 Å². The normalized spacial score (nSPS) is 14.3. The van der Waals surface area contributed by atoms with Gasteiger partial charge in [0, 0.05) is 16.7 Å². The molecule has 0 saturated heterocycles. The van der Waals surface area contributed by atoms with Crippen molar-refractivity contribution < 1.29 is 0 Å². The standard InChI is InChI=1S/C16H21NS2/c1-11-6-4-5-7-14(11)10-19-16(13(3)17)15-12(2)8-9-18-15/h4-9,13,16H,10,17H2,1-3H3. The maximum Gasteiger partial charge on any atom is 0.0545 e. The summed E-state index contributed by atoms with van der Waals surface area (Å²) in [4.78, 5) is 1.42. The van der Waals surface area contributed by atoms with Crippen LogP contribution in [0, 0.1) is 13.8 Å². The average Bonchev–Trinajstić information content (AvgIpc) is 2.78. The number of nitrogens with two attached hydrogens (primary N) is 1. The number of rotatable bonds is 5. The van der Waals surface area contributed by atoms with Gasteiger partial charge in [-0.3, -0.25) is 0 Å². The Balaban J connectivity index is 2.11. The van der Waals surface area contributed by atoms with Gasteiger partial charge in [-0.15, -0.1) is 23.1 Å². The molecule has 3 heteroatoms. The van der Waals surface area contributed by atoms with Crippen molar-refractivity contribution in [1.82, 2.24) is 0 Å². The quantitative estimate of drug-likeness (QED) is 0.865. The first-order valence-corrected chi connectivity index (χ1v) is 8.48. The van der Waals surface area contributed by atoms with Crippen molar-refractivity contribution >= 4 is 23.1 Å². The van der Waals surface area contributed by atoms with Crippen LogP contribution >= 0.6 is 23.1 Å². The zero-order valence-corrected chi connectivity index (χ0v) is 13.4. The number of hydrogen-bond acceptors (Lipinski definition) is 3. The predicted octanol–water partition coefficient (Wildman–Crippen LogP) is 4.69. The van der Waals surface area contributed by atoms with Crippen LogP contribution in [0.25, 0.3) is 0 Å². The zero-order chi connectivity index (χ0) is 13.8. The van der Waals surface area contributed by atoms with Gasteiger partial charge in [-0.05, 0) is 48.9 Å². The molecule has 0 bridgehead atoms. The molecule has 2 unspecified atom stereocenters. The molecular formula is C16H21NS2. The van der Waals surface area contributed by atoms with Crippen LogP contribution in [0.4, 0.5) is 0 Å². The van der Waals surface area contributed by atoms with E-state index in [-0.39, 0.29) is 6.04 Å². The maximum atomic E-state index is 6.18. The molecule has 0 aliphatic carbocycles. The zero-order valence-electron chi connectivity index (χ0n) is 11.7. The minimum absolute atomic E-state index is 0.173. The Morgan fingerprint density at radius 3 is 2.47 bits per heavy atom. The van der Waals surface area contributed by atoms with E-state index in [0.29, 0.717) is 5.25 Å². The van der Waals surface area contributed by atoms with Crippen molar-refractivity contribution in [2.24, 2.45) is 5.73 Å². The van der Waals surface area contributed by atoms with Gasteiger partial charge in [-0.2, -0.15) is 0 Å². The summed E-state index contributed by atoms with van der Waals surface area (Å²) in [6, 6.07) is 10.9. The lowest BCUT2D eigenvalue weighted by Gasteiger charge is -2.20. The highest BCUT2D eigenvalue weighted by Crippen LogP contribution is 2.38. The molecule has 2 aromatic rings. The molecule has 2 atom stereocenters. The van der Waals surface area contributed by atoms with E-state index >= 15 is 0 Å². The fourth-order valence-electron chi connectivity index (χ4n) is 2.09. The smallest absolute Gasteiger partial charge is 0.0545 e. The highest BCUT2D eigenvalue weighted by Gasteiger charge is 2.20. The molecule has 0 aliphatic rings. The number of benzene rings is 1. The second-order valence-corrected chi connectivity index (χ2v) is 7.06. The van der Waals surface area contributed by atoms with Gasteiger partial charge in [0.25, 0.3) is 0 Å². The Hall–Kier alpha value is -0.770. The monoisotopic (exact) mass is 291 g/mol. The van der Waals surface area contributed by atoms with E-state index < -0.39 is 0 Å². The molecule has 1 heterocycles. The molecule has 1 nitrogen and oxygen atoms in total. The highest BCUT2D eigenvalue weighted by molar-refractivity contribution is 7.98. The first-order valence-electron chi connectivity index (χ1n) is 6.55. The minimum atomic E-state index is 0.173. The molecule has 2 N–H and O–H groups in total. The summed E-state index contributed by atoms with van der Waals surface area (Å²) in [6.45, 7) is 6.46. The van der Waals surface area contributed by atoms with Crippen LogP contribution in [0.5, 0.6) is 0 Å². The lowest BCUT2D eigenvalue weighted by atomic mass is 10.1. The topological polar surface area (TPSA) is 26.0 Å². The van der Waals surface area contributed by atoms with Crippen LogP contribution in [0.15, 0.2) is 35.7 Å². The Morgan fingerprint density at radius 1 is 1.16 bits per heavy atom. The summed E-state index contributed by atoms with van der Waals surface area (Å²) < 4.78 is 0. The second kappa shape index (κ2) is 6.60. The summed E-state index contributed by atoms with van der Waals surface area (Å²) in [5.74, 6) is 1.02. The number of thiophene rings is 1. The first kappa shape index (κ1) is 14.6. The van der Waals surface area contributed by atoms with Crippen LogP contribution in [0.2, 0.25) is 0 Å². The summed E-state index contributed by atoms with van der Waals surface area (Å²) in [5.41, 5.74) is 10.3. The van der Waals surface area contributed by atoms with Crippen LogP contribution in [0.1, 0.15) is 33.7 Å². The molecule has 0 spiro atoms. The lowest BCUT2D eigenvalue weighted by molar-refractivity contribution is 0.727. The van der Waals surface area contributed by atoms with E-state index in [1.165, 1.54) is 21.6 Å². The van der Waals surface area contributed by atoms with Crippen LogP contribution in [0.3, 0.4) is 0 Å². The molecular weight excluding hydrogens is 270 g/mol. The fraction of sp³-hybridized carbons (Fsp3) is 0.375. The molecule has 19 heavy (non-hydrogen) atoms. The van der Waals surface area contributed by atoms with E-state index in [0.717, 1.165) is 5.75 Å². The van der Waals surface area contributed by atoms with Gasteiger partial charge >= 0.3 is 0 Å². The van der Waals surface area contributed by atoms with Crippen molar-refractivity contribution in [3.63, 3.8) is 0 Å². The van der Waals surface area contributed by atoms with E-state index in [1.807, 2.05) is 23.1 Å². The third-order valence-corrected chi connectivity index (χ3v) is 6.07. The second-order valence-electron chi connectivity index (χ2n) is 4.99. The third-order valence-electron chi connectivity index (χ3n) is 3.32. The van der Waals surface area contributed by atoms with Gasteiger partial charge in [0.05, 0.1) is 5.25 Å². The van der Waals surface area contributed by atoms with Crippen LogP contribution in [-0.4, -0.2) is 6.04 Å². The summed E-state index contributed by atoms with van der Waals surface area (Å²) in [6.07, 6.45) is 0. The summed E-state index contributed by atoms with van der Waals surface area (Å²) in [7, 11) is 0. The van der Waals surface area contributed by atoms with E-state index in [2.05, 4.69) is 56.5 Å². The molecule has 102 valence electrons. The van der Waals surface area contributed by atoms with Gasteiger partial charge in [-0.25, -0.2) is 0 Å².